The molecule has 106 valence electrons. The van der Waals surface area contributed by atoms with E-state index in [2.05, 4.69) is 0 Å². The maximum Gasteiger partial charge on any atom is 0.192 e. The molecule has 5 heteroatoms. The van der Waals surface area contributed by atoms with Crippen LogP contribution < -0.4 is 0 Å². The topological polar surface area (TPSA) is 34.1 Å². The van der Waals surface area contributed by atoms with Gasteiger partial charge in [0, 0.05) is 10.8 Å². The summed E-state index contributed by atoms with van der Waals surface area (Å²) in [7, 11) is -3.44. The Kier molecular flexibility index (Phi) is 5.13. The standard InChI is InChI=1S/C15H15ClO2S2/c1-12-7-9-14(10-8-12)20(17,18)15(11-16)19-13-5-3-2-4-6-13/h2-10,15H,11H2,1H3. The molecular formula is C15H15ClO2S2. The van der Waals surface area contributed by atoms with E-state index in [4.69, 9.17) is 11.6 Å². The van der Waals surface area contributed by atoms with E-state index in [-0.39, 0.29) is 5.88 Å². The van der Waals surface area contributed by atoms with Gasteiger partial charge in [0.1, 0.15) is 4.58 Å². The van der Waals surface area contributed by atoms with Gasteiger partial charge in [-0.1, -0.05) is 35.9 Å². The third-order valence-electron chi connectivity index (χ3n) is 2.83. The first kappa shape index (κ1) is 15.4. The molecule has 0 N–H and O–H groups in total. The van der Waals surface area contributed by atoms with Crippen LogP contribution in [0.2, 0.25) is 0 Å². The third-order valence-corrected chi connectivity index (χ3v) is 7.32. The fourth-order valence-corrected chi connectivity index (χ4v) is 5.23. The van der Waals surface area contributed by atoms with Gasteiger partial charge in [-0.15, -0.1) is 23.4 Å². The lowest BCUT2D eigenvalue weighted by molar-refractivity contribution is 0.595. The van der Waals surface area contributed by atoms with E-state index >= 15 is 0 Å². The van der Waals surface area contributed by atoms with Crippen molar-refractivity contribution in [2.45, 2.75) is 21.3 Å². The lowest BCUT2D eigenvalue weighted by Gasteiger charge is -2.15. The summed E-state index contributed by atoms with van der Waals surface area (Å²) in [6.07, 6.45) is 0. The van der Waals surface area contributed by atoms with Gasteiger partial charge >= 0.3 is 0 Å². The lowest BCUT2D eigenvalue weighted by atomic mass is 10.2. The molecule has 0 saturated carbocycles. The molecule has 0 aliphatic rings. The van der Waals surface area contributed by atoms with Crippen LogP contribution in [-0.4, -0.2) is 18.9 Å². The average Bonchev–Trinajstić information content (AvgIpc) is 2.46. The molecule has 0 aliphatic carbocycles. The number of aryl methyl sites for hydroxylation is 1. The molecule has 2 rings (SSSR count). The van der Waals surface area contributed by atoms with Crippen molar-refractivity contribution >= 4 is 33.2 Å². The zero-order valence-corrected chi connectivity index (χ0v) is 13.4. The molecule has 2 aromatic carbocycles. The highest BCUT2D eigenvalue weighted by Gasteiger charge is 2.27. The van der Waals surface area contributed by atoms with Crippen LogP contribution in [0.15, 0.2) is 64.4 Å². The highest BCUT2D eigenvalue weighted by atomic mass is 35.5. The van der Waals surface area contributed by atoms with E-state index in [1.165, 1.54) is 11.8 Å². The normalized spacial score (nSPS) is 13.1. The molecule has 0 fully saturated rings. The number of hydrogen-bond acceptors (Lipinski definition) is 3. The zero-order chi connectivity index (χ0) is 14.6. The van der Waals surface area contributed by atoms with Crippen LogP contribution in [0.4, 0.5) is 0 Å². The summed E-state index contributed by atoms with van der Waals surface area (Å²) < 4.78 is 24.5. The van der Waals surface area contributed by atoms with Crippen LogP contribution in [0.3, 0.4) is 0 Å². The average molecular weight is 327 g/mol. The van der Waals surface area contributed by atoms with Crippen molar-refractivity contribution in [3.63, 3.8) is 0 Å². The molecule has 0 aliphatic heterocycles. The Hall–Kier alpha value is -0.970. The summed E-state index contributed by atoms with van der Waals surface area (Å²) in [4.78, 5) is 1.21. The Bertz CT molecular complexity index is 652. The first-order valence-corrected chi connectivity index (χ1v) is 9.08. The molecule has 0 saturated heterocycles. The molecule has 0 bridgehead atoms. The van der Waals surface area contributed by atoms with Crippen LogP contribution >= 0.6 is 23.4 Å². The SMILES string of the molecule is Cc1ccc(S(=O)(=O)C(CCl)Sc2ccccc2)cc1. The Morgan fingerprint density at radius 3 is 2.20 bits per heavy atom. The van der Waals surface area contributed by atoms with E-state index < -0.39 is 14.4 Å². The van der Waals surface area contributed by atoms with Crippen molar-refractivity contribution in [3.05, 3.63) is 60.2 Å². The minimum absolute atomic E-state index is 0.0514. The van der Waals surface area contributed by atoms with Gasteiger partial charge in [-0.3, -0.25) is 0 Å². The maximum atomic E-state index is 12.6. The van der Waals surface area contributed by atoms with E-state index in [0.29, 0.717) is 4.90 Å². The van der Waals surface area contributed by atoms with Crippen molar-refractivity contribution in [2.75, 3.05) is 5.88 Å². The number of benzene rings is 2. The monoisotopic (exact) mass is 326 g/mol. The third kappa shape index (κ3) is 3.57. The summed E-state index contributed by atoms with van der Waals surface area (Å²) in [5, 5.41) is 0. The van der Waals surface area contributed by atoms with Crippen molar-refractivity contribution in [3.8, 4) is 0 Å². The second-order valence-corrected chi connectivity index (χ2v) is 8.39. The fraction of sp³-hybridized carbons (Fsp3) is 0.200. The Labute approximate surface area is 129 Å². The molecular weight excluding hydrogens is 312 g/mol. The molecule has 2 aromatic rings. The number of rotatable bonds is 5. The second-order valence-electron chi connectivity index (χ2n) is 4.37. The number of alkyl halides is 1. The van der Waals surface area contributed by atoms with Crippen LogP contribution in [0.5, 0.6) is 0 Å². The van der Waals surface area contributed by atoms with Gasteiger partial charge < -0.3 is 0 Å². The van der Waals surface area contributed by atoms with Gasteiger partial charge in [-0.05, 0) is 31.2 Å². The number of hydrogen-bond donors (Lipinski definition) is 0. The predicted molar refractivity (Wildman–Crippen MR) is 85.2 cm³/mol. The molecule has 0 radical (unpaired) electrons. The Balaban J connectivity index is 2.28. The van der Waals surface area contributed by atoms with Crippen LogP contribution in [-0.2, 0) is 9.84 Å². The Morgan fingerprint density at radius 1 is 1.05 bits per heavy atom. The van der Waals surface area contributed by atoms with Crippen LogP contribution in [0, 0.1) is 6.92 Å². The molecule has 2 nitrogen and oxygen atoms in total. The summed E-state index contributed by atoms with van der Waals surface area (Å²) in [5.74, 6) is 0.0514. The first-order chi connectivity index (χ1) is 9.54. The number of sulfone groups is 1. The Morgan fingerprint density at radius 2 is 1.65 bits per heavy atom. The van der Waals surface area contributed by atoms with E-state index in [0.717, 1.165) is 10.5 Å². The molecule has 0 spiro atoms. The molecule has 0 heterocycles. The largest absolute Gasteiger partial charge is 0.222 e. The molecule has 1 unspecified atom stereocenters. The van der Waals surface area contributed by atoms with Gasteiger partial charge in [-0.25, -0.2) is 8.42 Å². The summed E-state index contributed by atoms with van der Waals surface area (Å²) in [5.41, 5.74) is 1.03. The molecule has 0 aromatic heterocycles. The van der Waals surface area contributed by atoms with Crippen molar-refractivity contribution < 1.29 is 8.42 Å². The highest BCUT2D eigenvalue weighted by Crippen LogP contribution is 2.31. The second kappa shape index (κ2) is 6.66. The number of halogens is 1. The van der Waals surface area contributed by atoms with Gasteiger partial charge in [0.2, 0.25) is 0 Å². The van der Waals surface area contributed by atoms with Gasteiger partial charge in [0.15, 0.2) is 9.84 Å². The maximum absolute atomic E-state index is 12.6. The molecule has 0 amide bonds. The summed E-state index contributed by atoms with van der Waals surface area (Å²) in [6.45, 7) is 1.92. The summed E-state index contributed by atoms with van der Waals surface area (Å²) in [6, 6.07) is 16.3. The molecule has 1 atom stereocenters. The van der Waals surface area contributed by atoms with Crippen molar-refractivity contribution in [1.82, 2.24) is 0 Å². The van der Waals surface area contributed by atoms with Crippen molar-refractivity contribution in [2.24, 2.45) is 0 Å². The minimum Gasteiger partial charge on any atom is -0.222 e. The van der Waals surface area contributed by atoms with Crippen LogP contribution in [0.1, 0.15) is 5.56 Å². The smallest absolute Gasteiger partial charge is 0.192 e. The first-order valence-electron chi connectivity index (χ1n) is 6.12. The highest BCUT2D eigenvalue weighted by molar-refractivity contribution is 8.13. The minimum atomic E-state index is -3.44. The van der Waals surface area contributed by atoms with E-state index in [9.17, 15) is 8.42 Å². The quantitative estimate of drug-likeness (QED) is 0.612. The van der Waals surface area contributed by atoms with E-state index in [1.54, 1.807) is 24.3 Å². The van der Waals surface area contributed by atoms with Gasteiger partial charge in [-0.2, -0.15) is 0 Å². The lowest BCUT2D eigenvalue weighted by Crippen LogP contribution is -2.19. The number of thioether (sulfide) groups is 1. The van der Waals surface area contributed by atoms with E-state index in [1.807, 2.05) is 37.3 Å². The molecule has 20 heavy (non-hydrogen) atoms. The zero-order valence-electron chi connectivity index (χ0n) is 11.0. The predicted octanol–water partition coefficient (Wildman–Crippen LogP) is 4.13. The summed E-state index contributed by atoms with van der Waals surface area (Å²) >= 11 is 7.16. The van der Waals surface area contributed by atoms with Crippen molar-refractivity contribution in [1.29, 1.82) is 0 Å². The van der Waals surface area contributed by atoms with Gasteiger partial charge in [0.05, 0.1) is 4.90 Å². The fourth-order valence-electron chi connectivity index (χ4n) is 1.71. The van der Waals surface area contributed by atoms with Crippen LogP contribution in [0.25, 0.3) is 0 Å². The van der Waals surface area contributed by atoms with Gasteiger partial charge in [0.25, 0.3) is 0 Å².